The number of carbonyl (C=O) groups excluding carboxylic acids is 1. The minimum absolute atomic E-state index is 0.00823. The summed E-state index contributed by atoms with van der Waals surface area (Å²) in [6.07, 6.45) is 2.69. The molecule has 1 saturated heterocycles. The summed E-state index contributed by atoms with van der Waals surface area (Å²) >= 11 is 0. The van der Waals surface area contributed by atoms with E-state index in [1.807, 2.05) is 0 Å². The molecular weight excluding hydrogens is 496 g/mol. The lowest BCUT2D eigenvalue weighted by molar-refractivity contribution is -0.119. The summed E-state index contributed by atoms with van der Waals surface area (Å²) in [4.78, 5) is 21.6. The number of hydrogen-bond acceptors (Lipinski definition) is 4. The molecule has 3 atom stereocenters. The Morgan fingerprint density at radius 1 is 1.02 bits per heavy atom. The van der Waals surface area contributed by atoms with E-state index in [4.69, 9.17) is 11.5 Å². The number of amides is 1. The van der Waals surface area contributed by atoms with Gasteiger partial charge in [-0.15, -0.1) is 0 Å². The van der Waals surface area contributed by atoms with Crippen LogP contribution in [0.5, 0.6) is 0 Å². The highest BCUT2D eigenvalue weighted by molar-refractivity contribution is 5.83. The smallest absolute Gasteiger partial charge is 0.217 e. The zero-order valence-electron chi connectivity index (χ0n) is 24.6. The number of benzene rings is 3. The number of aliphatic imine (C=N–C) groups is 1. The standard InChI is InChI=1S/C33H46N6O/c1-23-9-11-29(24(2)17-23)19-31(37-26(4)40)21-39-20-25(3)38(22-32(39)13-15-36-33(34)35)16-14-27-10-12-28-7-5-6-8-30(28)18-27/h5-12,17-18,25,31-32H,13-16,19-22H2,1-4H3,(H,37,40)(H4,34,35,36)/t25-,31-,32+/m1/s1. The van der Waals surface area contributed by atoms with Crippen molar-refractivity contribution in [2.24, 2.45) is 16.5 Å². The van der Waals surface area contributed by atoms with Gasteiger partial charge in [0.2, 0.25) is 5.91 Å². The molecule has 7 heteroatoms. The van der Waals surface area contributed by atoms with Gasteiger partial charge in [-0.2, -0.15) is 0 Å². The van der Waals surface area contributed by atoms with E-state index in [0.29, 0.717) is 18.6 Å². The maximum atomic E-state index is 12.2. The van der Waals surface area contributed by atoms with Gasteiger partial charge in [0, 0.05) is 57.8 Å². The molecule has 0 aromatic heterocycles. The Morgan fingerprint density at radius 3 is 2.52 bits per heavy atom. The quantitative estimate of drug-likeness (QED) is 0.253. The van der Waals surface area contributed by atoms with Crippen molar-refractivity contribution in [3.8, 4) is 0 Å². The van der Waals surface area contributed by atoms with Gasteiger partial charge in [-0.25, -0.2) is 0 Å². The topological polar surface area (TPSA) is 100.0 Å². The van der Waals surface area contributed by atoms with E-state index in [-0.39, 0.29) is 17.9 Å². The Morgan fingerprint density at radius 2 is 1.80 bits per heavy atom. The molecule has 40 heavy (non-hydrogen) atoms. The third-order valence-electron chi connectivity index (χ3n) is 8.17. The molecule has 214 valence electrons. The van der Waals surface area contributed by atoms with E-state index in [2.05, 4.69) is 102 Å². The van der Waals surface area contributed by atoms with Gasteiger partial charge in [0.05, 0.1) is 0 Å². The van der Waals surface area contributed by atoms with Gasteiger partial charge in [-0.3, -0.25) is 19.6 Å². The summed E-state index contributed by atoms with van der Waals surface area (Å²) in [6.45, 7) is 12.5. The van der Waals surface area contributed by atoms with Crippen molar-refractivity contribution in [2.75, 3.05) is 32.7 Å². The predicted octanol–water partition coefficient (Wildman–Crippen LogP) is 3.78. The highest BCUT2D eigenvalue weighted by Gasteiger charge is 2.32. The zero-order valence-corrected chi connectivity index (χ0v) is 24.6. The van der Waals surface area contributed by atoms with Crippen LogP contribution >= 0.6 is 0 Å². The number of nitrogens with zero attached hydrogens (tertiary/aromatic N) is 3. The number of aryl methyl sites for hydroxylation is 2. The van der Waals surface area contributed by atoms with Crippen LogP contribution in [0.3, 0.4) is 0 Å². The number of carbonyl (C=O) groups is 1. The molecule has 1 heterocycles. The van der Waals surface area contributed by atoms with E-state index < -0.39 is 0 Å². The summed E-state index contributed by atoms with van der Waals surface area (Å²) in [5.41, 5.74) is 16.5. The fourth-order valence-corrected chi connectivity index (χ4v) is 6.06. The van der Waals surface area contributed by atoms with Crippen LogP contribution in [0.15, 0.2) is 65.7 Å². The molecule has 7 nitrogen and oxygen atoms in total. The number of piperazine rings is 1. The second-order valence-corrected chi connectivity index (χ2v) is 11.5. The second kappa shape index (κ2) is 13.8. The van der Waals surface area contributed by atoms with Gasteiger partial charge in [0.25, 0.3) is 0 Å². The number of rotatable bonds is 11. The van der Waals surface area contributed by atoms with Gasteiger partial charge in [0.15, 0.2) is 5.96 Å². The van der Waals surface area contributed by atoms with Crippen LogP contribution in [0.4, 0.5) is 0 Å². The Balaban J connectivity index is 1.46. The molecule has 0 bridgehead atoms. The van der Waals surface area contributed by atoms with Crippen LogP contribution in [0, 0.1) is 13.8 Å². The molecule has 1 aliphatic rings. The molecule has 1 aliphatic heterocycles. The maximum Gasteiger partial charge on any atom is 0.217 e. The average Bonchev–Trinajstić information content (AvgIpc) is 2.90. The normalized spacial score (nSPS) is 18.9. The molecule has 4 rings (SSSR count). The highest BCUT2D eigenvalue weighted by Crippen LogP contribution is 2.22. The van der Waals surface area contributed by atoms with Crippen molar-refractivity contribution in [1.29, 1.82) is 0 Å². The lowest BCUT2D eigenvalue weighted by Crippen LogP contribution is -2.60. The minimum Gasteiger partial charge on any atom is -0.370 e. The molecular formula is C33H46N6O. The molecule has 3 aromatic rings. The first-order valence-electron chi connectivity index (χ1n) is 14.5. The van der Waals surface area contributed by atoms with Crippen LogP contribution in [-0.4, -0.2) is 72.5 Å². The van der Waals surface area contributed by atoms with Gasteiger partial charge in [0.1, 0.15) is 0 Å². The van der Waals surface area contributed by atoms with Crippen molar-refractivity contribution in [3.05, 3.63) is 82.9 Å². The first-order chi connectivity index (χ1) is 19.2. The Hall–Kier alpha value is -3.42. The van der Waals surface area contributed by atoms with Crippen LogP contribution in [0.25, 0.3) is 10.8 Å². The molecule has 1 amide bonds. The fourth-order valence-electron chi connectivity index (χ4n) is 6.06. The van der Waals surface area contributed by atoms with Crippen molar-refractivity contribution >= 4 is 22.6 Å². The lowest BCUT2D eigenvalue weighted by Gasteiger charge is -2.46. The summed E-state index contributed by atoms with van der Waals surface area (Å²) < 4.78 is 0. The maximum absolute atomic E-state index is 12.2. The first kappa shape index (κ1) is 29.6. The SMILES string of the molecule is CC(=O)N[C@H](Cc1ccc(C)cc1C)CN1C[C@@H](C)N(CCc2ccc3ccccc3c2)C[C@@H]1CCN=C(N)N. The summed E-state index contributed by atoms with van der Waals surface area (Å²) in [5, 5.41) is 5.81. The lowest BCUT2D eigenvalue weighted by atomic mass is 9.97. The number of nitrogens with one attached hydrogen (secondary N) is 1. The molecule has 0 aliphatic carbocycles. The Kier molecular flexibility index (Phi) is 10.2. The Labute approximate surface area is 239 Å². The average molecular weight is 543 g/mol. The van der Waals surface area contributed by atoms with Gasteiger partial charge in [-0.05, 0) is 67.5 Å². The number of nitrogens with two attached hydrogens (primary N) is 2. The molecule has 0 saturated carbocycles. The van der Waals surface area contributed by atoms with Crippen molar-refractivity contribution in [1.82, 2.24) is 15.1 Å². The molecule has 5 N–H and O–H groups in total. The third kappa shape index (κ3) is 8.29. The third-order valence-corrected chi connectivity index (χ3v) is 8.17. The molecule has 0 unspecified atom stereocenters. The number of hydrogen-bond donors (Lipinski definition) is 3. The minimum atomic E-state index is 0.00823. The van der Waals surface area contributed by atoms with Crippen molar-refractivity contribution in [3.63, 3.8) is 0 Å². The number of guanidine groups is 1. The van der Waals surface area contributed by atoms with Crippen molar-refractivity contribution < 1.29 is 4.79 Å². The van der Waals surface area contributed by atoms with E-state index in [9.17, 15) is 4.79 Å². The second-order valence-electron chi connectivity index (χ2n) is 11.5. The van der Waals surface area contributed by atoms with E-state index in [1.54, 1.807) is 6.92 Å². The predicted molar refractivity (Wildman–Crippen MR) is 167 cm³/mol. The van der Waals surface area contributed by atoms with E-state index in [1.165, 1.54) is 33.0 Å². The molecule has 0 spiro atoms. The summed E-state index contributed by atoms with van der Waals surface area (Å²) in [7, 11) is 0. The number of fused-ring (bicyclic) bond motifs is 1. The van der Waals surface area contributed by atoms with E-state index in [0.717, 1.165) is 45.4 Å². The first-order valence-corrected chi connectivity index (χ1v) is 14.5. The van der Waals surface area contributed by atoms with Gasteiger partial charge >= 0.3 is 0 Å². The van der Waals surface area contributed by atoms with Crippen LogP contribution in [-0.2, 0) is 17.6 Å². The van der Waals surface area contributed by atoms with E-state index >= 15 is 0 Å². The van der Waals surface area contributed by atoms with Crippen LogP contribution in [0.1, 0.15) is 42.5 Å². The Bertz CT molecular complexity index is 1320. The zero-order chi connectivity index (χ0) is 28.6. The molecule has 3 aromatic carbocycles. The van der Waals surface area contributed by atoms with Gasteiger partial charge < -0.3 is 16.8 Å². The molecule has 1 fully saturated rings. The van der Waals surface area contributed by atoms with Crippen LogP contribution < -0.4 is 16.8 Å². The summed E-state index contributed by atoms with van der Waals surface area (Å²) in [6, 6.07) is 22.6. The molecule has 0 radical (unpaired) electrons. The van der Waals surface area contributed by atoms with Crippen molar-refractivity contribution in [2.45, 2.75) is 65.1 Å². The van der Waals surface area contributed by atoms with Crippen LogP contribution in [0.2, 0.25) is 0 Å². The monoisotopic (exact) mass is 542 g/mol. The highest BCUT2D eigenvalue weighted by atomic mass is 16.1. The fraction of sp³-hybridized carbons (Fsp3) is 0.455. The van der Waals surface area contributed by atoms with Gasteiger partial charge in [-0.1, -0.05) is 66.2 Å². The largest absolute Gasteiger partial charge is 0.370 e. The summed E-state index contributed by atoms with van der Waals surface area (Å²) in [5.74, 6) is 0.142.